The topological polar surface area (TPSA) is 40.5 Å². The molecule has 0 aromatic rings. The third-order valence-corrected chi connectivity index (χ3v) is 2.90. The summed E-state index contributed by atoms with van der Waals surface area (Å²) in [6.45, 7) is 0. The van der Waals surface area contributed by atoms with E-state index in [0.717, 1.165) is 0 Å². The Kier molecular flexibility index (Phi) is 7.41. The molecule has 0 amide bonds. The first kappa shape index (κ1) is 24.0. The van der Waals surface area contributed by atoms with Gasteiger partial charge in [-0.1, -0.05) is 0 Å². The normalized spacial score (nSPS) is 21.6. The van der Waals surface area contributed by atoms with E-state index in [1.165, 1.54) is 0 Å². The zero-order valence-electron chi connectivity index (χ0n) is 11.3. The lowest BCUT2D eigenvalue weighted by Crippen LogP contribution is -2.63. The molecular formula is C10H9F13O2. The van der Waals surface area contributed by atoms with Gasteiger partial charge in [-0.15, -0.1) is 0 Å². The zero-order valence-corrected chi connectivity index (χ0v) is 11.3. The fraction of sp³-hybridized carbons (Fsp3) is 1.00. The molecule has 152 valence electrons. The second-order valence-corrected chi connectivity index (χ2v) is 4.74. The molecule has 0 radical (unpaired) electrons. The van der Waals surface area contributed by atoms with Crippen LogP contribution < -0.4 is 0 Å². The van der Waals surface area contributed by atoms with Gasteiger partial charge in [0, 0.05) is 0 Å². The van der Waals surface area contributed by atoms with Gasteiger partial charge in [-0.05, 0) is 0 Å². The van der Waals surface area contributed by atoms with Crippen molar-refractivity contribution in [3.05, 3.63) is 0 Å². The van der Waals surface area contributed by atoms with Crippen LogP contribution in [-0.2, 0) is 0 Å². The van der Waals surface area contributed by atoms with E-state index >= 15 is 0 Å². The van der Waals surface area contributed by atoms with Crippen LogP contribution in [0.1, 0.15) is 0 Å². The third kappa shape index (κ3) is 4.60. The summed E-state index contributed by atoms with van der Waals surface area (Å²) in [6, 6.07) is -6.14. The standard InChI is InChI=1S/C10H9F13O2/c11-1(3(13)5(15)7(17)18)2(12)4(14)6(16)8(19,20)9(21,22)10(23,24)25/h1-7,24-25H. The predicted octanol–water partition coefficient (Wildman–Crippen LogP) is 3.16. The molecule has 6 atom stereocenters. The van der Waals surface area contributed by atoms with Crippen LogP contribution in [-0.4, -0.2) is 71.6 Å². The average molecular weight is 408 g/mol. The Morgan fingerprint density at radius 2 is 0.840 bits per heavy atom. The molecule has 0 bridgehead atoms. The van der Waals surface area contributed by atoms with Crippen molar-refractivity contribution < 1.29 is 67.3 Å². The van der Waals surface area contributed by atoms with Crippen molar-refractivity contribution in [1.29, 1.82) is 0 Å². The maximum atomic E-state index is 13.1. The minimum atomic E-state index is -6.80. The van der Waals surface area contributed by atoms with E-state index < -0.39 is 61.3 Å². The van der Waals surface area contributed by atoms with Crippen LogP contribution in [0.15, 0.2) is 0 Å². The van der Waals surface area contributed by atoms with E-state index in [1.807, 2.05) is 0 Å². The number of halogens is 13. The maximum absolute atomic E-state index is 13.1. The summed E-state index contributed by atoms with van der Waals surface area (Å²) in [5.74, 6) is -13.5. The number of aliphatic hydroxyl groups is 2. The Morgan fingerprint density at radius 3 is 1.16 bits per heavy atom. The van der Waals surface area contributed by atoms with Crippen LogP contribution in [0.4, 0.5) is 57.1 Å². The van der Waals surface area contributed by atoms with Crippen molar-refractivity contribution in [2.24, 2.45) is 0 Å². The van der Waals surface area contributed by atoms with E-state index in [9.17, 15) is 57.1 Å². The summed E-state index contributed by atoms with van der Waals surface area (Å²) < 4.78 is 165. The summed E-state index contributed by atoms with van der Waals surface area (Å²) in [4.78, 5) is 0. The quantitative estimate of drug-likeness (QED) is 0.455. The van der Waals surface area contributed by atoms with Gasteiger partial charge in [0.25, 0.3) is 6.43 Å². The largest absolute Gasteiger partial charge is 0.396 e. The molecule has 2 N–H and O–H groups in total. The monoisotopic (exact) mass is 408 g/mol. The molecule has 0 aliphatic heterocycles. The van der Waals surface area contributed by atoms with E-state index in [-0.39, 0.29) is 0 Å². The van der Waals surface area contributed by atoms with Crippen LogP contribution >= 0.6 is 0 Å². The lowest BCUT2D eigenvalue weighted by Gasteiger charge is -2.34. The van der Waals surface area contributed by atoms with Crippen molar-refractivity contribution in [1.82, 2.24) is 0 Å². The van der Waals surface area contributed by atoms with Crippen LogP contribution in [0.25, 0.3) is 0 Å². The van der Waals surface area contributed by atoms with Crippen molar-refractivity contribution >= 4 is 0 Å². The van der Waals surface area contributed by atoms with Gasteiger partial charge in [-0.2, -0.15) is 22.0 Å². The Labute approximate surface area is 130 Å². The first-order valence-corrected chi connectivity index (χ1v) is 5.93. The van der Waals surface area contributed by atoms with Crippen molar-refractivity contribution in [3.8, 4) is 0 Å². The highest BCUT2D eigenvalue weighted by molar-refractivity contribution is 5.01. The Bertz CT molecular complexity index is 426. The van der Waals surface area contributed by atoms with Crippen LogP contribution in [0, 0.1) is 0 Å². The SMILES string of the molecule is OC(O)(F)C(F)(F)C(F)(F)C(F)C(F)C(F)C(F)C(F)C(F)C(F)F. The summed E-state index contributed by atoms with van der Waals surface area (Å²) in [7, 11) is 0. The van der Waals surface area contributed by atoms with Gasteiger partial charge in [0.1, 0.15) is 0 Å². The number of hydrogen-bond acceptors (Lipinski definition) is 2. The van der Waals surface area contributed by atoms with Gasteiger partial charge in [0.05, 0.1) is 0 Å². The zero-order chi connectivity index (χ0) is 20.5. The molecule has 0 aliphatic carbocycles. The Hall–Kier alpha value is -0.990. The fourth-order valence-corrected chi connectivity index (χ4v) is 1.41. The van der Waals surface area contributed by atoms with Crippen LogP contribution in [0.5, 0.6) is 0 Å². The minimum absolute atomic E-state index is 4.09. The highest BCUT2D eigenvalue weighted by Crippen LogP contribution is 2.47. The molecule has 15 heteroatoms. The molecule has 0 spiro atoms. The van der Waals surface area contributed by atoms with E-state index in [1.54, 1.807) is 0 Å². The summed E-state index contributed by atoms with van der Waals surface area (Å²) in [5, 5.41) is 15.6. The van der Waals surface area contributed by atoms with Crippen molar-refractivity contribution in [2.75, 3.05) is 0 Å². The molecule has 0 aromatic carbocycles. The van der Waals surface area contributed by atoms with Crippen LogP contribution in [0.3, 0.4) is 0 Å². The smallest absolute Gasteiger partial charge is 0.335 e. The summed E-state index contributed by atoms with van der Waals surface area (Å²) >= 11 is 0. The predicted molar refractivity (Wildman–Crippen MR) is 53.6 cm³/mol. The van der Waals surface area contributed by atoms with Gasteiger partial charge in [0.15, 0.2) is 30.9 Å². The molecule has 0 rings (SSSR count). The number of alkyl halides is 13. The van der Waals surface area contributed by atoms with E-state index in [0.29, 0.717) is 0 Å². The number of rotatable bonds is 9. The molecule has 2 nitrogen and oxygen atoms in total. The highest BCUT2D eigenvalue weighted by atomic mass is 19.3. The lowest BCUT2D eigenvalue weighted by molar-refractivity contribution is -0.423. The molecule has 6 unspecified atom stereocenters. The third-order valence-electron chi connectivity index (χ3n) is 2.90. The summed E-state index contributed by atoms with van der Waals surface area (Å²) in [6.07, 6.45) is -31.3. The molecule has 0 aliphatic rings. The first-order chi connectivity index (χ1) is 10.9. The number of hydrogen-bond donors (Lipinski definition) is 2. The van der Waals surface area contributed by atoms with Gasteiger partial charge in [-0.25, -0.2) is 35.1 Å². The molecule has 0 aromatic heterocycles. The second kappa shape index (κ2) is 7.72. The lowest BCUT2D eigenvalue weighted by atomic mass is 9.95. The molecule has 0 heterocycles. The van der Waals surface area contributed by atoms with Crippen molar-refractivity contribution in [3.63, 3.8) is 0 Å². The van der Waals surface area contributed by atoms with Gasteiger partial charge in [0.2, 0.25) is 6.17 Å². The molecular weight excluding hydrogens is 399 g/mol. The first-order valence-electron chi connectivity index (χ1n) is 5.93. The Balaban J connectivity index is 5.42. The molecule has 0 saturated heterocycles. The fourth-order valence-electron chi connectivity index (χ4n) is 1.41. The molecule has 25 heavy (non-hydrogen) atoms. The van der Waals surface area contributed by atoms with Crippen molar-refractivity contribution in [2.45, 2.75) is 61.3 Å². The molecule has 0 saturated carbocycles. The maximum Gasteiger partial charge on any atom is 0.396 e. The van der Waals surface area contributed by atoms with E-state index in [4.69, 9.17) is 10.2 Å². The highest BCUT2D eigenvalue weighted by Gasteiger charge is 2.75. The Morgan fingerprint density at radius 1 is 0.520 bits per heavy atom. The van der Waals surface area contributed by atoms with Gasteiger partial charge < -0.3 is 10.2 Å². The average Bonchev–Trinajstić information content (AvgIpc) is 2.48. The van der Waals surface area contributed by atoms with Gasteiger partial charge in [-0.3, -0.25) is 0 Å². The van der Waals surface area contributed by atoms with Crippen LogP contribution in [0.2, 0.25) is 0 Å². The molecule has 0 fully saturated rings. The van der Waals surface area contributed by atoms with E-state index in [2.05, 4.69) is 0 Å². The minimum Gasteiger partial charge on any atom is -0.335 e. The summed E-state index contributed by atoms with van der Waals surface area (Å²) in [5.41, 5.74) is 0. The van der Waals surface area contributed by atoms with Gasteiger partial charge >= 0.3 is 17.9 Å². The second-order valence-electron chi connectivity index (χ2n) is 4.74.